The highest BCUT2D eigenvalue weighted by Crippen LogP contribution is 2.29. The molecule has 0 aromatic heterocycles. The first-order chi connectivity index (χ1) is 11.6. The average Bonchev–Trinajstić information content (AvgIpc) is 2.61. The van der Waals surface area contributed by atoms with Crippen LogP contribution in [0.4, 0.5) is 4.79 Å². The highest BCUT2D eigenvalue weighted by molar-refractivity contribution is 5.87. The quantitative estimate of drug-likeness (QED) is 0.808. The Hall–Kier alpha value is -2.82. The van der Waals surface area contributed by atoms with E-state index in [-0.39, 0.29) is 17.6 Å². The molecular weight excluding hydrogens is 304 g/mol. The molecule has 0 bridgehead atoms. The second-order valence-electron chi connectivity index (χ2n) is 5.97. The summed E-state index contributed by atoms with van der Waals surface area (Å²) in [5, 5.41) is 14.7. The van der Waals surface area contributed by atoms with Crippen LogP contribution in [-0.4, -0.2) is 17.1 Å². The van der Waals surface area contributed by atoms with E-state index in [9.17, 15) is 9.59 Å². The molecule has 1 aliphatic rings. The normalized spacial score (nSPS) is 16.1. The lowest BCUT2D eigenvalue weighted by atomic mass is 9.88. The number of nitrogens with one attached hydrogen (secondary N) is 2. The van der Waals surface area contributed by atoms with Crippen LogP contribution in [0.25, 0.3) is 0 Å². The van der Waals surface area contributed by atoms with Crippen molar-refractivity contribution in [1.82, 2.24) is 10.6 Å². The molecule has 0 saturated carbocycles. The van der Waals surface area contributed by atoms with Crippen LogP contribution < -0.4 is 10.6 Å². The number of amides is 2. The summed E-state index contributed by atoms with van der Waals surface area (Å²) in [6.45, 7) is 0.361. The molecule has 0 heterocycles. The number of carboxylic acids is 1. The smallest absolute Gasteiger partial charge is 0.335 e. The zero-order valence-corrected chi connectivity index (χ0v) is 13.3. The SMILES string of the molecule is O=C(NCc1ccc(C(=O)O)cc1)NC1CCCc2ccccc21. The Morgan fingerprint density at radius 3 is 2.58 bits per heavy atom. The van der Waals surface area contributed by atoms with E-state index in [0.717, 1.165) is 24.8 Å². The van der Waals surface area contributed by atoms with Crippen LogP contribution in [0.5, 0.6) is 0 Å². The van der Waals surface area contributed by atoms with E-state index in [1.54, 1.807) is 12.1 Å². The summed E-state index contributed by atoms with van der Waals surface area (Å²) in [5.74, 6) is -0.955. The molecule has 3 rings (SSSR count). The number of aryl methyl sites for hydroxylation is 1. The van der Waals surface area contributed by atoms with E-state index in [1.807, 2.05) is 12.1 Å². The van der Waals surface area contributed by atoms with Gasteiger partial charge in [-0.2, -0.15) is 0 Å². The van der Waals surface area contributed by atoms with Crippen LogP contribution in [0.1, 0.15) is 45.9 Å². The van der Waals surface area contributed by atoms with Gasteiger partial charge in [0, 0.05) is 6.54 Å². The van der Waals surface area contributed by atoms with Gasteiger partial charge in [-0.15, -0.1) is 0 Å². The van der Waals surface area contributed by atoms with Gasteiger partial charge in [-0.05, 0) is 48.1 Å². The predicted molar refractivity (Wildman–Crippen MR) is 90.9 cm³/mol. The third-order valence-electron chi connectivity index (χ3n) is 4.33. The van der Waals surface area contributed by atoms with Crippen molar-refractivity contribution in [3.8, 4) is 0 Å². The summed E-state index contributed by atoms with van der Waals surface area (Å²) in [6, 6.07) is 14.5. The van der Waals surface area contributed by atoms with Gasteiger partial charge >= 0.3 is 12.0 Å². The molecule has 3 N–H and O–H groups in total. The number of hydrogen-bond acceptors (Lipinski definition) is 2. The number of urea groups is 1. The third kappa shape index (κ3) is 3.74. The minimum Gasteiger partial charge on any atom is -0.478 e. The van der Waals surface area contributed by atoms with E-state index in [1.165, 1.54) is 23.3 Å². The van der Waals surface area contributed by atoms with Gasteiger partial charge in [-0.3, -0.25) is 0 Å². The summed E-state index contributed by atoms with van der Waals surface area (Å²) in [6.07, 6.45) is 3.07. The van der Waals surface area contributed by atoms with Crippen molar-refractivity contribution < 1.29 is 14.7 Å². The van der Waals surface area contributed by atoms with Crippen molar-refractivity contribution in [3.05, 3.63) is 70.8 Å². The number of carbonyl (C=O) groups is 2. The van der Waals surface area contributed by atoms with Crippen LogP contribution in [0, 0.1) is 0 Å². The van der Waals surface area contributed by atoms with Gasteiger partial charge in [-0.25, -0.2) is 9.59 Å². The minimum atomic E-state index is -0.955. The number of aromatic carboxylic acids is 1. The van der Waals surface area contributed by atoms with Gasteiger partial charge in [0.1, 0.15) is 0 Å². The maximum Gasteiger partial charge on any atom is 0.335 e. The second-order valence-corrected chi connectivity index (χ2v) is 5.97. The molecule has 1 aliphatic carbocycles. The molecule has 1 atom stereocenters. The van der Waals surface area contributed by atoms with Gasteiger partial charge in [0.25, 0.3) is 0 Å². The standard InChI is InChI=1S/C19H20N2O3/c22-18(23)15-10-8-13(9-11-15)12-20-19(24)21-17-7-3-5-14-4-1-2-6-16(14)17/h1-2,4,6,8-11,17H,3,5,7,12H2,(H,22,23)(H2,20,21,24). The van der Waals surface area contributed by atoms with Crippen LogP contribution >= 0.6 is 0 Å². The van der Waals surface area contributed by atoms with E-state index in [4.69, 9.17) is 5.11 Å². The second kappa shape index (κ2) is 7.17. The maximum absolute atomic E-state index is 12.2. The van der Waals surface area contributed by atoms with Crippen LogP contribution in [0.2, 0.25) is 0 Å². The Kier molecular flexibility index (Phi) is 4.79. The Bertz CT molecular complexity index is 741. The van der Waals surface area contributed by atoms with Crippen molar-refractivity contribution in [1.29, 1.82) is 0 Å². The fraction of sp³-hybridized carbons (Fsp3) is 0.263. The predicted octanol–water partition coefficient (Wildman–Crippen LogP) is 3.26. The first kappa shape index (κ1) is 16.1. The zero-order valence-electron chi connectivity index (χ0n) is 13.3. The highest BCUT2D eigenvalue weighted by atomic mass is 16.4. The number of rotatable bonds is 4. The molecule has 0 aliphatic heterocycles. The highest BCUT2D eigenvalue weighted by Gasteiger charge is 2.21. The van der Waals surface area contributed by atoms with Gasteiger partial charge < -0.3 is 15.7 Å². The Morgan fingerprint density at radius 1 is 1.08 bits per heavy atom. The van der Waals surface area contributed by atoms with Crippen molar-refractivity contribution >= 4 is 12.0 Å². The topological polar surface area (TPSA) is 78.4 Å². The number of benzene rings is 2. The minimum absolute atomic E-state index is 0.0457. The number of fused-ring (bicyclic) bond motifs is 1. The fourth-order valence-corrected chi connectivity index (χ4v) is 3.06. The Balaban J connectivity index is 1.56. The molecular formula is C19H20N2O3. The number of carbonyl (C=O) groups excluding carboxylic acids is 1. The first-order valence-corrected chi connectivity index (χ1v) is 8.08. The van der Waals surface area contributed by atoms with Crippen molar-refractivity contribution in [3.63, 3.8) is 0 Å². The van der Waals surface area contributed by atoms with E-state index >= 15 is 0 Å². The Labute approximate surface area is 140 Å². The Morgan fingerprint density at radius 2 is 1.83 bits per heavy atom. The number of carboxylic acid groups (broad SMARTS) is 1. The van der Waals surface area contributed by atoms with Gasteiger partial charge in [-0.1, -0.05) is 36.4 Å². The summed E-state index contributed by atoms with van der Waals surface area (Å²) in [7, 11) is 0. The van der Waals surface area contributed by atoms with Crippen LogP contribution in [-0.2, 0) is 13.0 Å². The molecule has 24 heavy (non-hydrogen) atoms. The van der Waals surface area contributed by atoms with Crippen LogP contribution in [0.3, 0.4) is 0 Å². The molecule has 2 aromatic rings. The van der Waals surface area contributed by atoms with Crippen molar-refractivity contribution in [2.24, 2.45) is 0 Å². The van der Waals surface area contributed by atoms with Crippen LogP contribution in [0.15, 0.2) is 48.5 Å². The average molecular weight is 324 g/mol. The maximum atomic E-state index is 12.2. The lowest BCUT2D eigenvalue weighted by Gasteiger charge is -2.26. The molecule has 5 nitrogen and oxygen atoms in total. The summed E-state index contributed by atoms with van der Waals surface area (Å²) < 4.78 is 0. The molecule has 0 saturated heterocycles. The number of hydrogen-bond donors (Lipinski definition) is 3. The van der Waals surface area contributed by atoms with Gasteiger partial charge in [0.2, 0.25) is 0 Å². The summed E-state index contributed by atoms with van der Waals surface area (Å²) >= 11 is 0. The van der Waals surface area contributed by atoms with E-state index in [2.05, 4.69) is 22.8 Å². The van der Waals surface area contributed by atoms with Gasteiger partial charge in [0.05, 0.1) is 11.6 Å². The molecule has 124 valence electrons. The van der Waals surface area contributed by atoms with Crippen molar-refractivity contribution in [2.45, 2.75) is 31.8 Å². The van der Waals surface area contributed by atoms with Crippen molar-refractivity contribution in [2.75, 3.05) is 0 Å². The molecule has 0 fully saturated rings. The first-order valence-electron chi connectivity index (χ1n) is 8.08. The molecule has 1 unspecified atom stereocenters. The third-order valence-corrected chi connectivity index (χ3v) is 4.33. The largest absolute Gasteiger partial charge is 0.478 e. The lowest BCUT2D eigenvalue weighted by Crippen LogP contribution is -2.38. The van der Waals surface area contributed by atoms with E-state index in [0.29, 0.717) is 6.54 Å². The summed E-state index contributed by atoms with van der Waals surface area (Å²) in [4.78, 5) is 23.0. The van der Waals surface area contributed by atoms with E-state index < -0.39 is 5.97 Å². The summed E-state index contributed by atoms with van der Waals surface area (Å²) in [5.41, 5.74) is 3.60. The molecule has 2 aromatic carbocycles. The monoisotopic (exact) mass is 324 g/mol. The lowest BCUT2D eigenvalue weighted by molar-refractivity contribution is 0.0697. The zero-order chi connectivity index (χ0) is 16.9. The molecule has 2 amide bonds. The van der Waals surface area contributed by atoms with Gasteiger partial charge in [0.15, 0.2) is 0 Å². The molecule has 0 spiro atoms. The fourth-order valence-electron chi connectivity index (χ4n) is 3.06. The molecule has 0 radical (unpaired) electrons. The molecule has 5 heteroatoms.